The Balaban J connectivity index is 1.40. The molecule has 2 aliphatic rings. The van der Waals surface area contributed by atoms with E-state index in [9.17, 15) is 4.79 Å². The van der Waals surface area contributed by atoms with Gasteiger partial charge in [0.1, 0.15) is 5.78 Å². The molecule has 1 aliphatic heterocycles. The summed E-state index contributed by atoms with van der Waals surface area (Å²) in [6.07, 6.45) is 2.71. The zero-order chi connectivity index (χ0) is 21.2. The fourth-order valence-corrected chi connectivity index (χ4v) is 5.16. The summed E-state index contributed by atoms with van der Waals surface area (Å²) in [5.41, 5.74) is 3.28. The Kier molecular flexibility index (Phi) is 5.47. The average Bonchev–Trinajstić information content (AvgIpc) is 3.14. The maximum Gasteiger partial charge on any atom is 0.178 e. The van der Waals surface area contributed by atoms with E-state index in [2.05, 4.69) is 72.8 Å². The summed E-state index contributed by atoms with van der Waals surface area (Å²) in [6, 6.07) is 31.3. The second kappa shape index (κ2) is 8.41. The first-order valence-electron chi connectivity index (χ1n) is 11.1. The molecule has 1 heterocycles. The predicted octanol–water partition coefficient (Wildman–Crippen LogP) is 5.33. The molecule has 1 atom stereocenters. The second-order valence-electron chi connectivity index (χ2n) is 8.84. The minimum absolute atomic E-state index is 0.0877. The van der Waals surface area contributed by atoms with E-state index < -0.39 is 5.79 Å². The number of carbonyl (C=O) groups excluding carboxylic acids is 1. The van der Waals surface area contributed by atoms with Gasteiger partial charge in [0.2, 0.25) is 0 Å². The molecule has 0 amide bonds. The smallest absolute Gasteiger partial charge is 0.178 e. The third-order valence-electron chi connectivity index (χ3n) is 6.94. The van der Waals surface area contributed by atoms with E-state index in [0.717, 1.165) is 12.8 Å². The summed E-state index contributed by atoms with van der Waals surface area (Å²) in [5, 5.41) is 0. The van der Waals surface area contributed by atoms with Crippen molar-refractivity contribution in [3.63, 3.8) is 0 Å². The van der Waals surface area contributed by atoms with Crippen LogP contribution in [0.1, 0.15) is 36.0 Å². The van der Waals surface area contributed by atoms with Gasteiger partial charge in [0.25, 0.3) is 0 Å². The molecule has 0 aromatic heterocycles. The maximum absolute atomic E-state index is 12.5. The summed E-state index contributed by atoms with van der Waals surface area (Å²) in [6.45, 7) is 1.02. The van der Waals surface area contributed by atoms with Crippen LogP contribution in [0.4, 0.5) is 0 Å². The van der Waals surface area contributed by atoms with Crippen molar-refractivity contribution >= 4 is 5.78 Å². The molecule has 1 aliphatic carbocycles. The molecule has 0 radical (unpaired) electrons. The highest BCUT2D eigenvalue weighted by molar-refractivity contribution is 5.82. The van der Waals surface area contributed by atoms with Crippen LogP contribution in [-0.2, 0) is 26.1 Å². The van der Waals surface area contributed by atoms with Gasteiger partial charge >= 0.3 is 0 Å². The Morgan fingerprint density at radius 1 is 0.742 bits per heavy atom. The highest BCUT2D eigenvalue weighted by Gasteiger charge is 2.54. The Labute approximate surface area is 184 Å². The molecule has 3 nitrogen and oxygen atoms in total. The molecule has 0 unspecified atom stereocenters. The van der Waals surface area contributed by atoms with Gasteiger partial charge in [-0.3, -0.25) is 4.79 Å². The van der Waals surface area contributed by atoms with Crippen molar-refractivity contribution in [2.75, 3.05) is 13.2 Å². The molecule has 3 heteroatoms. The van der Waals surface area contributed by atoms with Crippen LogP contribution in [0.3, 0.4) is 0 Å². The average molecular weight is 413 g/mol. The van der Waals surface area contributed by atoms with E-state index in [1.807, 2.05) is 18.2 Å². The molecule has 1 saturated carbocycles. The molecule has 5 rings (SSSR count). The molecule has 2 fully saturated rings. The number of benzene rings is 3. The lowest BCUT2D eigenvalue weighted by molar-refractivity contribution is -0.300. The van der Waals surface area contributed by atoms with Crippen LogP contribution in [-0.4, -0.2) is 24.8 Å². The number of hydrogen-bond acceptors (Lipinski definition) is 3. The molecule has 0 bridgehead atoms. The number of Topliss-reactive ketones (excluding diaryl/α,β-unsaturated/α-hetero) is 1. The molecule has 0 N–H and O–H groups in total. The van der Waals surface area contributed by atoms with E-state index in [-0.39, 0.29) is 17.1 Å². The molecule has 31 heavy (non-hydrogen) atoms. The second-order valence-corrected chi connectivity index (χ2v) is 8.84. The molecule has 1 saturated heterocycles. The molecule has 158 valence electrons. The zero-order valence-corrected chi connectivity index (χ0v) is 17.7. The third-order valence-corrected chi connectivity index (χ3v) is 6.94. The molecule has 3 aromatic carbocycles. The van der Waals surface area contributed by atoms with Crippen molar-refractivity contribution in [3.8, 4) is 0 Å². The fourth-order valence-electron chi connectivity index (χ4n) is 5.16. The van der Waals surface area contributed by atoms with Gasteiger partial charge in [-0.15, -0.1) is 0 Å². The monoisotopic (exact) mass is 412 g/mol. The van der Waals surface area contributed by atoms with Gasteiger partial charge in [0.15, 0.2) is 5.79 Å². The van der Waals surface area contributed by atoms with Gasteiger partial charge in [-0.2, -0.15) is 0 Å². The highest BCUT2D eigenvalue weighted by Crippen LogP contribution is 2.47. The van der Waals surface area contributed by atoms with Crippen LogP contribution in [0, 0.1) is 5.92 Å². The van der Waals surface area contributed by atoms with Gasteiger partial charge in [-0.05, 0) is 29.5 Å². The molecule has 3 aromatic rings. The number of ether oxygens (including phenoxy) is 2. The van der Waals surface area contributed by atoms with Gasteiger partial charge in [-0.25, -0.2) is 0 Å². The largest absolute Gasteiger partial charge is 0.348 e. The zero-order valence-electron chi connectivity index (χ0n) is 17.7. The Morgan fingerprint density at radius 2 is 1.26 bits per heavy atom. The number of hydrogen-bond donors (Lipinski definition) is 0. The summed E-state index contributed by atoms with van der Waals surface area (Å²) in [4.78, 5) is 12.5. The van der Waals surface area contributed by atoms with Crippen LogP contribution < -0.4 is 0 Å². The van der Waals surface area contributed by atoms with E-state index >= 15 is 0 Å². The lowest BCUT2D eigenvalue weighted by atomic mass is 9.74. The first-order chi connectivity index (χ1) is 15.2. The Morgan fingerprint density at radius 3 is 1.81 bits per heavy atom. The molecule has 1 spiro atoms. The van der Waals surface area contributed by atoms with Crippen molar-refractivity contribution in [2.24, 2.45) is 5.92 Å². The number of aryl methyl sites for hydroxylation is 1. The number of carbonyl (C=O) groups is 1. The van der Waals surface area contributed by atoms with Crippen LogP contribution >= 0.6 is 0 Å². The van der Waals surface area contributed by atoms with Crippen molar-refractivity contribution in [1.29, 1.82) is 0 Å². The standard InChI is InChI=1S/C28H28O3/c29-26-18-25(17-16-22-10-4-1-5-11-22)28(19-26)30-20-27(21-31-28,23-12-6-2-7-13-23)24-14-8-3-9-15-24/h1-15,25H,16-21H2/t25-/m0/s1. The van der Waals surface area contributed by atoms with Crippen molar-refractivity contribution in [1.82, 2.24) is 0 Å². The summed E-state index contributed by atoms with van der Waals surface area (Å²) in [5.74, 6) is -0.464. The van der Waals surface area contributed by atoms with Crippen LogP contribution in [0.25, 0.3) is 0 Å². The van der Waals surface area contributed by atoms with Gasteiger partial charge in [0, 0.05) is 12.3 Å². The Bertz CT molecular complexity index is 964. The van der Waals surface area contributed by atoms with Crippen molar-refractivity contribution in [3.05, 3.63) is 108 Å². The molecular weight excluding hydrogens is 384 g/mol. The lowest BCUT2D eigenvalue weighted by Gasteiger charge is -2.47. The summed E-state index contributed by atoms with van der Waals surface area (Å²) < 4.78 is 13.2. The number of rotatable bonds is 5. The first-order valence-corrected chi connectivity index (χ1v) is 11.1. The van der Waals surface area contributed by atoms with Crippen LogP contribution in [0.2, 0.25) is 0 Å². The highest BCUT2D eigenvalue weighted by atomic mass is 16.7. The number of ketones is 1. The first kappa shape index (κ1) is 20.2. The van der Waals surface area contributed by atoms with Gasteiger partial charge in [-0.1, -0.05) is 91.0 Å². The maximum atomic E-state index is 12.5. The minimum Gasteiger partial charge on any atom is -0.348 e. The van der Waals surface area contributed by atoms with E-state index in [4.69, 9.17) is 9.47 Å². The normalized spacial score (nSPS) is 21.9. The van der Waals surface area contributed by atoms with Crippen LogP contribution in [0.15, 0.2) is 91.0 Å². The van der Waals surface area contributed by atoms with E-state index in [1.165, 1.54) is 16.7 Å². The van der Waals surface area contributed by atoms with Crippen molar-refractivity contribution < 1.29 is 14.3 Å². The van der Waals surface area contributed by atoms with E-state index in [0.29, 0.717) is 26.1 Å². The summed E-state index contributed by atoms with van der Waals surface area (Å²) in [7, 11) is 0. The van der Waals surface area contributed by atoms with Gasteiger partial charge < -0.3 is 9.47 Å². The minimum atomic E-state index is -0.793. The topological polar surface area (TPSA) is 35.5 Å². The van der Waals surface area contributed by atoms with E-state index in [1.54, 1.807) is 0 Å². The Hall–Kier alpha value is -2.75. The SMILES string of the molecule is O=C1C[C@H](CCc2ccccc2)C2(C1)OCC(c1ccccc1)(c1ccccc1)CO2. The molecular formula is C28H28O3. The lowest BCUT2D eigenvalue weighted by Crippen LogP contribution is -2.54. The summed E-state index contributed by atoms with van der Waals surface area (Å²) >= 11 is 0. The third kappa shape index (κ3) is 3.84. The van der Waals surface area contributed by atoms with Gasteiger partial charge in [0.05, 0.1) is 25.0 Å². The fraction of sp³-hybridized carbons (Fsp3) is 0.321. The van der Waals surface area contributed by atoms with Crippen LogP contribution in [0.5, 0.6) is 0 Å². The predicted molar refractivity (Wildman–Crippen MR) is 121 cm³/mol. The quantitative estimate of drug-likeness (QED) is 0.568. The van der Waals surface area contributed by atoms with Crippen molar-refractivity contribution in [2.45, 2.75) is 36.9 Å².